The number of benzene rings is 1. The number of nitrogen functional groups attached to an aromatic ring is 1. The number of hydrogen-bond donors (Lipinski definition) is 8. The van der Waals surface area contributed by atoms with Gasteiger partial charge in [-0.1, -0.05) is 5.16 Å². The molecular formula is C30H40N8O11S2. The van der Waals surface area contributed by atoms with Gasteiger partial charge in [0, 0.05) is 23.5 Å². The number of ether oxygens (including phenoxy) is 1. The van der Waals surface area contributed by atoms with Crippen molar-refractivity contribution in [3.63, 3.8) is 0 Å². The molecule has 2 amide bonds. The molecule has 1 saturated heterocycles. The van der Waals surface area contributed by atoms with Gasteiger partial charge < -0.3 is 41.9 Å². The minimum absolute atomic E-state index is 0.0112. The van der Waals surface area contributed by atoms with Crippen LogP contribution in [0.4, 0.5) is 5.13 Å². The Balaban J connectivity index is 1.30. The highest BCUT2D eigenvalue weighted by Gasteiger charge is 2.58. The Morgan fingerprint density at radius 1 is 1.25 bits per heavy atom. The first-order valence-corrected chi connectivity index (χ1v) is 18.1. The van der Waals surface area contributed by atoms with Crippen LogP contribution in [0.25, 0.3) is 0 Å². The van der Waals surface area contributed by atoms with E-state index in [-0.39, 0.29) is 35.7 Å². The molecule has 0 unspecified atom stereocenters. The number of oxime groups is 1. The van der Waals surface area contributed by atoms with Crippen LogP contribution in [-0.2, 0) is 40.3 Å². The third-order valence-electron chi connectivity index (χ3n) is 9.41. The van der Waals surface area contributed by atoms with Crippen molar-refractivity contribution in [2.75, 3.05) is 12.3 Å². The lowest BCUT2D eigenvalue weighted by molar-refractivity contribution is -0.218. The predicted molar refractivity (Wildman–Crippen MR) is 181 cm³/mol. The number of aliphatic carboxylic acids is 1. The molecule has 1 aromatic carbocycles. The zero-order chi connectivity index (χ0) is 37.5. The van der Waals surface area contributed by atoms with Crippen LogP contribution in [0.5, 0.6) is 5.75 Å². The van der Waals surface area contributed by atoms with E-state index in [9.17, 15) is 33.0 Å². The highest BCUT2D eigenvalue weighted by molar-refractivity contribution is 7.80. The maximum Gasteiger partial charge on any atom is 0.418 e. The van der Waals surface area contributed by atoms with Crippen molar-refractivity contribution in [3.8, 4) is 5.75 Å². The number of thiazole rings is 1. The van der Waals surface area contributed by atoms with Gasteiger partial charge in [0.05, 0.1) is 11.1 Å². The molecule has 278 valence electrons. The maximum absolute atomic E-state index is 13.5. The number of aliphatic hydroxyl groups is 1. The van der Waals surface area contributed by atoms with E-state index in [4.69, 9.17) is 31.0 Å². The first-order valence-electron chi connectivity index (χ1n) is 15.9. The fraction of sp³-hybridized carbons (Fsp3) is 0.533. The largest absolute Gasteiger partial charge is 0.485 e. The van der Waals surface area contributed by atoms with Crippen molar-refractivity contribution < 1.29 is 51.4 Å². The summed E-state index contributed by atoms with van der Waals surface area (Å²) in [6.45, 7) is 4.15. The van der Waals surface area contributed by atoms with Gasteiger partial charge in [-0.3, -0.25) is 19.6 Å². The standard InChI is InChI=1S/C30H40N8O11S2/c1-28(2)22(25(40)38(28)49-51(44,45)46)36-24(39)21(18-13-50-27(33)35-18)37-48-29(3,26(41)42)20-7-5-15-12-16(4-6-19(15)47-20)23(32)34-17-8-10-30(43,14-31)11-9-17/h4,6,12-13,17,20,22,43H,5,7-11,14,31H2,1-3H3,(H2,32,34)(H2,33,35)(H,36,39)(H,41,42)(H,44,45,46)/b37-21-/t17-,20-,22-,29+,30+/m1/s1. The Kier molecular flexibility index (Phi) is 10.4. The second kappa shape index (κ2) is 14.0. The number of aryl methyl sites for hydroxylation is 1. The number of nitrogens with two attached hydrogens (primary N) is 2. The summed E-state index contributed by atoms with van der Waals surface area (Å²) >= 11 is 0.955. The molecule has 1 saturated carbocycles. The van der Waals surface area contributed by atoms with Gasteiger partial charge in [-0.2, -0.15) is 13.5 Å². The molecule has 2 aromatic rings. The summed E-state index contributed by atoms with van der Waals surface area (Å²) in [4.78, 5) is 48.4. The Bertz CT molecular complexity index is 1860. The first kappa shape index (κ1) is 37.8. The molecule has 0 bridgehead atoms. The van der Waals surface area contributed by atoms with Crippen molar-refractivity contribution in [3.05, 3.63) is 40.4 Å². The Labute approximate surface area is 296 Å². The number of amidine groups is 1. The van der Waals surface area contributed by atoms with Crippen LogP contribution in [0.1, 0.15) is 69.7 Å². The quantitative estimate of drug-likeness (QED) is 0.0468. The molecule has 10 N–H and O–H groups in total. The number of anilines is 1. The topological polar surface area (TPSA) is 302 Å². The molecule has 51 heavy (non-hydrogen) atoms. The molecule has 2 aliphatic heterocycles. The smallest absolute Gasteiger partial charge is 0.418 e. The van der Waals surface area contributed by atoms with E-state index in [1.807, 2.05) is 0 Å². The molecule has 5 rings (SSSR count). The molecule has 21 heteroatoms. The summed E-state index contributed by atoms with van der Waals surface area (Å²) in [7, 11) is -5.04. The van der Waals surface area contributed by atoms with E-state index in [1.54, 1.807) is 18.2 Å². The summed E-state index contributed by atoms with van der Waals surface area (Å²) in [5, 5.41) is 40.6. The molecule has 3 heterocycles. The minimum Gasteiger partial charge on any atom is -0.485 e. The summed E-state index contributed by atoms with van der Waals surface area (Å²) in [6, 6.07) is 3.76. The number of hydroxylamine groups is 2. The van der Waals surface area contributed by atoms with Gasteiger partial charge in [-0.05, 0) is 83.1 Å². The molecule has 3 aliphatic rings. The number of hydrogen-bond acceptors (Lipinski definition) is 15. The van der Waals surface area contributed by atoms with Gasteiger partial charge in [0.1, 0.15) is 23.3 Å². The lowest BCUT2D eigenvalue weighted by Crippen LogP contribution is -2.76. The number of carboxylic acid groups (broad SMARTS) is 1. The summed E-state index contributed by atoms with van der Waals surface area (Å²) in [6.07, 6.45) is 1.85. The van der Waals surface area contributed by atoms with Gasteiger partial charge >= 0.3 is 16.4 Å². The van der Waals surface area contributed by atoms with E-state index in [0.717, 1.165) is 16.9 Å². The molecule has 1 aliphatic carbocycles. The van der Waals surface area contributed by atoms with Gasteiger partial charge in [0.25, 0.3) is 17.4 Å². The summed E-state index contributed by atoms with van der Waals surface area (Å²) in [5.41, 5.74) is 7.70. The van der Waals surface area contributed by atoms with Crippen LogP contribution in [0.2, 0.25) is 0 Å². The lowest BCUT2D eigenvalue weighted by atomic mass is 9.82. The van der Waals surface area contributed by atoms with E-state index < -0.39 is 62.8 Å². The zero-order valence-corrected chi connectivity index (χ0v) is 29.5. The Hall–Kier alpha value is -4.41. The fourth-order valence-corrected chi connectivity index (χ4v) is 7.12. The Morgan fingerprint density at radius 3 is 2.51 bits per heavy atom. The third-order valence-corrected chi connectivity index (χ3v) is 10.4. The van der Waals surface area contributed by atoms with E-state index >= 15 is 0 Å². The number of carbonyl (C=O) groups is 3. The van der Waals surface area contributed by atoms with Crippen LogP contribution < -0.4 is 26.8 Å². The van der Waals surface area contributed by atoms with Gasteiger partial charge in [0.15, 0.2) is 16.9 Å². The lowest BCUT2D eigenvalue weighted by Gasteiger charge is -2.50. The second-order valence-corrected chi connectivity index (χ2v) is 15.3. The number of β-lactam (4-membered cyclic amide) rings is 1. The van der Waals surface area contributed by atoms with Gasteiger partial charge in [-0.15, -0.1) is 15.6 Å². The number of carboxylic acids is 1. The Morgan fingerprint density at radius 2 is 1.94 bits per heavy atom. The number of nitrogens with one attached hydrogen (secondary N) is 3. The average Bonchev–Trinajstić information content (AvgIpc) is 3.51. The highest BCUT2D eigenvalue weighted by Crippen LogP contribution is 2.36. The number of aromatic nitrogens is 1. The summed E-state index contributed by atoms with van der Waals surface area (Å²) in [5.74, 6) is -2.91. The summed E-state index contributed by atoms with van der Waals surface area (Å²) < 4.78 is 41.8. The minimum atomic E-state index is -5.04. The van der Waals surface area contributed by atoms with Crippen molar-refractivity contribution in [1.29, 1.82) is 5.41 Å². The molecular weight excluding hydrogens is 713 g/mol. The second-order valence-electron chi connectivity index (χ2n) is 13.4. The van der Waals surface area contributed by atoms with Crippen LogP contribution in [0.15, 0.2) is 28.7 Å². The monoisotopic (exact) mass is 752 g/mol. The molecule has 0 radical (unpaired) electrons. The van der Waals surface area contributed by atoms with Gasteiger partial charge in [0.2, 0.25) is 0 Å². The van der Waals surface area contributed by atoms with Crippen molar-refractivity contribution in [2.24, 2.45) is 10.9 Å². The van der Waals surface area contributed by atoms with Crippen molar-refractivity contribution in [1.82, 2.24) is 20.7 Å². The predicted octanol–water partition coefficient (Wildman–Crippen LogP) is 0.0705. The maximum atomic E-state index is 13.5. The molecule has 2 fully saturated rings. The number of nitrogens with zero attached hydrogens (tertiary/aromatic N) is 3. The normalized spacial score (nSPS) is 25.8. The number of fused-ring (bicyclic) bond motifs is 1. The van der Waals surface area contributed by atoms with Crippen molar-refractivity contribution >= 4 is 56.2 Å². The number of rotatable bonds is 12. The molecule has 1 aromatic heterocycles. The molecule has 3 atom stereocenters. The first-order chi connectivity index (χ1) is 23.8. The van der Waals surface area contributed by atoms with Crippen LogP contribution >= 0.6 is 11.3 Å². The highest BCUT2D eigenvalue weighted by atomic mass is 32.3. The van der Waals surface area contributed by atoms with E-state index in [0.29, 0.717) is 48.5 Å². The SMILES string of the molecule is CC1(C)[C@H](NC(=O)/C(=N\O[C@](C)(C(=O)O)[C@H]2CCc3cc(C(=N)N[C@H]4CC[C@](O)(CN)CC4)ccc3O2)c2csc(N)n2)C(=O)N1OS(=O)(=O)O. The van der Waals surface area contributed by atoms with Crippen LogP contribution in [0, 0.1) is 5.41 Å². The van der Waals surface area contributed by atoms with Crippen molar-refractivity contribution in [2.45, 2.75) is 94.2 Å². The zero-order valence-electron chi connectivity index (χ0n) is 27.9. The molecule has 0 spiro atoms. The third kappa shape index (κ3) is 7.92. The average molecular weight is 753 g/mol. The number of carbonyl (C=O) groups excluding carboxylic acids is 2. The van der Waals surface area contributed by atoms with E-state index in [2.05, 4.69) is 25.1 Å². The van der Waals surface area contributed by atoms with Crippen LogP contribution in [-0.4, -0.2) is 104 Å². The van der Waals surface area contributed by atoms with Crippen LogP contribution in [0.3, 0.4) is 0 Å². The fourth-order valence-electron chi connectivity index (χ4n) is 6.12. The van der Waals surface area contributed by atoms with E-state index in [1.165, 1.54) is 26.2 Å². The molecule has 19 nitrogen and oxygen atoms in total. The van der Waals surface area contributed by atoms with Gasteiger partial charge in [-0.25, -0.2) is 9.78 Å². The number of amides is 2.